The van der Waals surface area contributed by atoms with Crippen LogP contribution in [0.4, 0.5) is 0 Å². The third-order valence-corrected chi connectivity index (χ3v) is 4.28. The van der Waals surface area contributed by atoms with E-state index in [4.69, 9.17) is 0 Å². The monoisotopic (exact) mass is 316 g/mol. The number of likely N-dealkylation sites (tertiary alicyclic amines) is 1. The highest BCUT2D eigenvalue weighted by Crippen LogP contribution is 2.14. The fraction of sp³-hybridized carbons (Fsp3) is 0.625. The lowest BCUT2D eigenvalue weighted by Crippen LogP contribution is -2.40. The normalized spacial score (nSPS) is 19.2. The van der Waals surface area contributed by atoms with Crippen molar-refractivity contribution in [2.24, 2.45) is 5.92 Å². The van der Waals surface area contributed by atoms with Crippen LogP contribution in [0.1, 0.15) is 41.8 Å². The molecule has 0 saturated carbocycles. The van der Waals surface area contributed by atoms with Gasteiger partial charge in [0.25, 0.3) is 11.7 Å². The summed E-state index contributed by atoms with van der Waals surface area (Å²) < 4.78 is 1.61. The summed E-state index contributed by atoms with van der Waals surface area (Å²) in [4.78, 5) is 23.2. The van der Waals surface area contributed by atoms with E-state index in [-0.39, 0.29) is 11.7 Å². The van der Waals surface area contributed by atoms with Crippen LogP contribution in [-0.2, 0) is 0 Å². The number of piperidine rings is 1. The van der Waals surface area contributed by atoms with Crippen molar-refractivity contribution in [3.8, 4) is 0 Å². The lowest BCUT2D eigenvalue weighted by atomic mass is 10.0. The molecular formula is C16H24N6O. The van der Waals surface area contributed by atoms with E-state index in [0.717, 1.165) is 36.9 Å². The Morgan fingerprint density at radius 1 is 1.39 bits per heavy atom. The Labute approximate surface area is 136 Å². The van der Waals surface area contributed by atoms with Gasteiger partial charge in [-0.3, -0.25) is 4.79 Å². The number of amides is 1. The first-order valence-electron chi connectivity index (χ1n) is 8.24. The molecule has 1 aliphatic heterocycles. The third-order valence-electron chi connectivity index (χ3n) is 4.28. The van der Waals surface area contributed by atoms with E-state index < -0.39 is 0 Å². The maximum atomic E-state index is 12.2. The number of rotatable bonds is 4. The van der Waals surface area contributed by atoms with Crippen molar-refractivity contribution in [1.29, 1.82) is 0 Å². The summed E-state index contributed by atoms with van der Waals surface area (Å²) in [5.74, 6) is 1.16. The highest BCUT2D eigenvalue weighted by Gasteiger charge is 2.17. The molecule has 124 valence electrons. The van der Waals surface area contributed by atoms with Crippen LogP contribution in [0.5, 0.6) is 0 Å². The van der Waals surface area contributed by atoms with Crippen molar-refractivity contribution in [2.45, 2.75) is 33.6 Å². The lowest BCUT2D eigenvalue weighted by molar-refractivity contribution is 0.0933. The molecule has 3 rings (SSSR count). The van der Waals surface area contributed by atoms with Gasteiger partial charge in [-0.15, -0.1) is 5.10 Å². The molecule has 0 spiro atoms. The predicted molar refractivity (Wildman–Crippen MR) is 87.4 cm³/mol. The first-order valence-corrected chi connectivity index (χ1v) is 8.24. The van der Waals surface area contributed by atoms with Crippen LogP contribution in [0.25, 0.3) is 5.78 Å². The largest absolute Gasteiger partial charge is 0.348 e. The highest BCUT2D eigenvalue weighted by atomic mass is 16.2. The van der Waals surface area contributed by atoms with Crippen LogP contribution in [0.15, 0.2) is 6.07 Å². The molecule has 0 aromatic carbocycles. The van der Waals surface area contributed by atoms with Crippen LogP contribution in [-0.4, -0.2) is 56.6 Å². The van der Waals surface area contributed by atoms with Gasteiger partial charge in [0.05, 0.1) is 0 Å². The Morgan fingerprint density at radius 3 is 3.00 bits per heavy atom. The van der Waals surface area contributed by atoms with Crippen molar-refractivity contribution in [1.82, 2.24) is 29.8 Å². The molecule has 0 unspecified atom stereocenters. The summed E-state index contributed by atoms with van der Waals surface area (Å²) >= 11 is 0. The Hall–Kier alpha value is -2.02. The van der Waals surface area contributed by atoms with Gasteiger partial charge in [-0.05, 0) is 45.2 Å². The number of aryl methyl sites for hydroxylation is 2. The topological polar surface area (TPSA) is 75.4 Å². The Morgan fingerprint density at radius 2 is 2.22 bits per heavy atom. The van der Waals surface area contributed by atoms with Crippen molar-refractivity contribution >= 4 is 11.7 Å². The van der Waals surface area contributed by atoms with Gasteiger partial charge in [0.2, 0.25) is 5.82 Å². The number of carbonyl (C=O) groups is 1. The Balaban J connectivity index is 1.59. The van der Waals surface area contributed by atoms with E-state index >= 15 is 0 Å². The van der Waals surface area contributed by atoms with Gasteiger partial charge >= 0.3 is 0 Å². The Bertz CT molecular complexity index is 710. The maximum Gasteiger partial charge on any atom is 0.291 e. The molecule has 23 heavy (non-hydrogen) atoms. The van der Waals surface area contributed by atoms with Gasteiger partial charge < -0.3 is 10.2 Å². The van der Waals surface area contributed by atoms with E-state index in [0.29, 0.717) is 12.3 Å². The second-order valence-corrected chi connectivity index (χ2v) is 6.49. The number of fused-ring (bicyclic) bond motifs is 1. The number of hydrogen-bond acceptors (Lipinski definition) is 5. The van der Waals surface area contributed by atoms with Crippen molar-refractivity contribution in [3.05, 3.63) is 23.3 Å². The van der Waals surface area contributed by atoms with Crippen LogP contribution in [0.3, 0.4) is 0 Å². The zero-order valence-electron chi connectivity index (χ0n) is 14.0. The lowest BCUT2D eigenvalue weighted by Gasteiger charge is -2.30. The average molecular weight is 316 g/mol. The number of aromatic nitrogens is 4. The van der Waals surface area contributed by atoms with Crippen LogP contribution in [0, 0.1) is 19.8 Å². The van der Waals surface area contributed by atoms with E-state index in [1.165, 1.54) is 12.8 Å². The minimum absolute atomic E-state index is 0.179. The molecule has 2 aromatic heterocycles. The van der Waals surface area contributed by atoms with Gasteiger partial charge in [-0.1, -0.05) is 6.92 Å². The minimum Gasteiger partial charge on any atom is -0.348 e. The number of hydrogen-bond donors (Lipinski definition) is 1. The van der Waals surface area contributed by atoms with E-state index in [1.807, 2.05) is 19.9 Å². The fourth-order valence-corrected chi connectivity index (χ4v) is 3.16. The van der Waals surface area contributed by atoms with E-state index in [1.54, 1.807) is 4.52 Å². The second-order valence-electron chi connectivity index (χ2n) is 6.49. The molecule has 3 heterocycles. The third kappa shape index (κ3) is 3.67. The average Bonchev–Trinajstić information content (AvgIpc) is 2.91. The van der Waals surface area contributed by atoms with Gasteiger partial charge in [0.15, 0.2) is 0 Å². The van der Waals surface area contributed by atoms with Crippen LogP contribution < -0.4 is 5.32 Å². The molecule has 0 radical (unpaired) electrons. The minimum atomic E-state index is -0.238. The highest BCUT2D eigenvalue weighted by molar-refractivity contribution is 5.90. The van der Waals surface area contributed by atoms with Crippen LogP contribution in [0.2, 0.25) is 0 Å². The maximum absolute atomic E-state index is 12.2. The fourth-order valence-electron chi connectivity index (χ4n) is 3.16. The van der Waals surface area contributed by atoms with Crippen molar-refractivity contribution in [2.75, 3.05) is 26.2 Å². The predicted octanol–water partition coefficient (Wildman–Crippen LogP) is 1.20. The summed E-state index contributed by atoms with van der Waals surface area (Å²) in [7, 11) is 0. The molecule has 7 heteroatoms. The SMILES string of the molecule is Cc1cc(C)n2nc(C(=O)NCCN3CCC[C@@H](C)C3)nc2n1. The number of nitrogens with one attached hydrogen (secondary N) is 1. The summed E-state index contributed by atoms with van der Waals surface area (Å²) in [6.45, 7) is 9.84. The summed E-state index contributed by atoms with van der Waals surface area (Å²) in [6.07, 6.45) is 2.55. The van der Waals surface area contributed by atoms with Gasteiger partial charge in [0, 0.05) is 31.0 Å². The zero-order chi connectivity index (χ0) is 16.4. The summed E-state index contributed by atoms with van der Waals surface area (Å²) in [5, 5.41) is 7.16. The number of carbonyl (C=O) groups excluding carboxylic acids is 1. The summed E-state index contributed by atoms with van der Waals surface area (Å²) in [5.41, 5.74) is 1.79. The number of nitrogens with zero attached hydrogens (tertiary/aromatic N) is 5. The molecule has 0 aliphatic carbocycles. The quantitative estimate of drug-likeness (QED) is 0.917. The van der Waals surface area contributed by atoms with Gasteiger partial charge in [0.1, 0.15) is 0 Å². The van der Waals surface area contributed by atoms with Gasteiger partial charge in [-0.2, -0.15) is 4.98 Å². The van der Waals surface area contributed by atoms with Crippen molar-refractivity contribution in [3.63, 3.8) is 0 Å². The van der Waals surface area contributed by atoms with Crippen LogP contribution >= 0.6 is 0 Å². The van der Waals surface area contributed by atoms with Gasteiger partial charge in [-0.25, -0.2) is 9.50 Å². The summed E-state index contributed by atoms with van der Waals surface area (Å²) in [6, 6.07) is 1.92. The molecule has 1 aliphatic rings. The zero-order valence-corrected chi connectivity index (χ0v) is 14.0. The molecule has 7 nitrogen and oxygen atoms in total. The first kappa shape index (κ1) is 15.9. The molecule has 1 fully saturated rings. The standard InChI is InChI=1S/C16H24N6O/c1-11-5-4-7-21(10-11)8-6-17-15(23)14-19-16-18-12(2)9-13(3)22(16)20-14/h9,11H,4-8,10H2,1-3H3,(H,17,23)/t11-/m1/s1. The molecule has 2 aromatic rings. The Kier molecular flexibility index (Phi) is 4.56. The molecule has 1 amide bonds. The first-order chi connectivity index (χ1) is 11.0. The molecule has 1 atom stereocenters. The molecule has 0 bridgehead atoms. The van der Waals surface area contributed by atoms with E-state index in [9.17, 15) is 4.79 Å². The van der Waals surface area contributed by atoms with E-state index in [2.05, 4.69) is 32.2 Å². The second kappa shape index (κ2) is 6.62. The smallest absolute Gasteiger partial charge is 0.291 e. The molecule has 1 saturated heterocycles. The van der Waals surface area contributed by atoms with Crippen molar-refractivity contribution < 1.29 is 4.79 Å². The molecule has 1 N–H and O–H groups in total. The molecular weight excluding hydrogens is 292 g/mol.